The molecule has 5 nitrogen and oxygen atoms in total. The number of hydrogen-bond donors (Lipinski definition) is 2. The molecule has 1 aromatic carbocycles. The molecule has 0 radical (unpaired) electrons. The molecule has 0 saturated heterocycles. The third-order valence-corrected chi connectivity index (χ3v) is 3.29. The number of rotatable bonds is 5. The quantitative estimate of drug-likeness (QED) is 0.379. The van der Waals surface area contributed by atoms with Crippen molar-refractivity contribution < 1.29 is 10.0 Å². The molecule has 0 fully saturated rings. The summed E-state index contributed by atoms with van der Waals surface area (Å²) in [6.45, 7) is 6.49. The number of amidine groups is 1. The Labute approximate surface area is 124 Å². The van der Waals surface area contributed by atoms with Gasteiger partial charge >= 0.3 is 0 Å². The zero-order valence-corrected chi connectivity index (χ0v) is 12.7. The molecular formula is C14H20ClN3O2. The number of nitrogens with zero attached hydrogens (tertiary/aromatic N) is 2. The van der Waals surface area contributed by atoms with E-state index < -0.39 is 0 Å². The van der Waals surface area contributed by atoms with Crippen LogP contribution < -0.4 is 5.73 Å². The molecule has 0 heterocycles. The Morgan fingerprint density at radius 3 is 2.65 bits per heavy atom. The normalized spacial score (nSPS) is 13.1. The molecule has 1 atom stereocenters. The number of halogens is 1. The SMILES string of the molecule is CCN(CC(C)/C(N)=N/O)C(=O)c1cc(C)cc(Cl)c1. The van der Waals surface area contributed by atoms with Crippen LogP contribution in [-0.4, -0.2) is 34.9 Å². The highest BCUT2D eigenvalue weighted by molar-refractivity contribution is 6.31. The van der Waals surface area contributed by atoms with Gasteiger partial charge in [-0.3, -0.25) is 4.79 Å². The average molecular weight is 298 g/mol. The van der Waals surface area contributed by atoms with Crippen LogP contribution in [-0.2, 0) is 0 Å². The van der Waals surface area contributed by atoms with Crippen molar-refractivity contribution in [3.63, 3.8) is 0 Å². The van der Waals surface area contributed by atoms with Crippen LogP contribution in [0.4, 0.5) is 0 Å². The lowest BCUT2D eigenvalue weighted by atomic mass is 10.1. The summed E-state index contributed by atoms with van der Waals surface area (Å²) < 4.78 is 0. The molecule has 1 aromatic rings. The van der Waals surface area contributed by atoms with Crippen LogP contribution in [0.25, 0.3) is 0 Å². The highest BCUT2D eigenvalue weighted by Gasteiger charge is 2.19. The Morgan fingerprint density at radius 2 is 2.15 bits per heavy atom. The van der Waals surface area contributed by atoms with Crippen molar-refractivity contribution in [1.82, 2.24) is 4.90 Å². The van der Waals surface area contributed by atoms with Crippen molar-refractivity contribution in [1.29, 1.82) is 0 Å². The van der Waals surface area contributed by atoms with E-state index in [9.17, 15) is 4.79 Å². The number of carbonyl (C=O) groups is 1. The predicted octanol–water partition coefficient (Wildman–Crippen LogP) is 2.49. The first kappa shape index (κ1) is 16.3. The van der Waals surface area contributed by atoms with Gasteiger partial charge in [-0.25, -0.2) is 0 Å². The van der Waals surface area contributed by atoms with E-state index in [2.05, 4.69) is 5.16 Å². The molecule has 6 heteroatoms. The van der Waals surface area contributed by atoms with E-state index in [0.29, 0.717) is 23.7 Å². The minimum atomic E-state index is -0.218. The summed E-state index contributed by atoms with van der Waals surface area (Å²) in [5, 5.41) is 12.2. The molecule has 0 bridgehead atoms. The zero-order valence-electron chi connectivity index (χ0n) is 11.9. The van der Waals surface area contributed by atoms with Crippen molar-refractivity contribution in [2.75, 3.05) is 13.1 Å². The van der Waals surface area contributed by atoms with Crippen molar-refractivity contribution in [2.24, 2.45) is 16.8 Å². The molecule has 0 aliphatic carbocycles. The number of amides is 1. The van der Waals surface area contributed by atoms with Crippen LogP contribution in [0.15, 0.2) is 23.4 Å². The first-order chi connectivity index (χ1) is 9.38. The van der Waals surface area contributed by atoms with Gasteiger partial charge in [0.15, 0.2) is 0 Å². The number of aryl methyl sites for hydroxylation is 1. The van der Waals surface area contributed by atoms with Crippen LogP contribution in [0, 0.1) is 12.8 Å². The van der Waals surface area contributed by atoms with Crippen LogP contribution in [0.3, 0.4) is 0 Å². The minimum Gasteiger partial charge on any atom is -0.409 e. The molecular weight excluding hydrogens is 278 g/mol. The fraction of sp³-hybridized carbons (Fsp3) is 0.429. The van der Waals surface area contributed by atoms with Gasteiger partial charge < -0.3 is 15.8 Å². The number of hydrogen-bond acceptors (Lipinski definition) is 3. The highest BCUT2D eigenvalue weighted by atomic mass is 35.5. The maximum absolute atomic E-state index is 12.5. The first-order valence-corrected chi connectivity index (χ1v) is 6.80. The molecule has 0 spiro atoms. The molecule has 0 aliphatic heterocycles. The van der Waals surface area contributed by atoms with E-state index in [1.165, 1.54) is 0 Å². The van der Waals surface area contributed by atoms with Crippen LogP contribution in [0.2, 0.25) is 5.02 Å². The maximum atomic E-state index is 12.5. The molecule has 0 aliphatic rings. The van der Waals surface area contributed by atoms with Crippen LogP contribution >= 0.6 is 11.6 Å². The molecule has 1 rings (SSSR count). The largest absolute Gasteiger partial charge is 0.409 e. The molecule has 20 heavy (non-hydrogen) atoms. The van der Waals surface area contributed by atoms with Gasteiger partial charge in [0.25, 0.3) is 5.91 Å². The Balaban J connectivity index is 2.92. The molecule has 0 saturated carbocycles. The van der Waals surface area contributed by atoms with Gasteiger partial charge in [0.05, 0.1) is 0 Å². The average Bonchev–Trinajstić information content (AvgIpc) is 2.41. The fourth-order valence-corrected chi connectivity index (χ4v) is 2.21. The van der Waals surface area contributed by atoms with Gasteiger partial charge in [0.1, 0.15) is 5.84 Å². The lowest BCUT2D eigenvalue weighted by molar-refractivity contribution is 0.0753. The Bertz CT molecular complexity index is 497. The van der Waals surface area contributed by atoms with Crippen LogP contribution in [0.5, 0.6) is 0 Å². The van der Waals surface area contributed by atoms with Gasteiger partial charge in [-0.15, -0.1) is 0 Å². The number of nitrogens with two attached hydrogens (primary N) is 1. The highest BCUT2D eigenvalue weighted by Crippen LogP contribution is 2.16. The third-order valence-electron chi connectivity index (χ3n) is 3.07. The number of oxime groups is 1. The lowest BCUT2D eigenvalue weighted by Crippen LogP contribution is -2.38. The molecule has 0 aromatic heterocycles. The Morgan fingerprint density at radius 1 is 1.50 bits per heavy atom. The Hall–Kier alpha value is -1.75. The van der Waals surface area contributed by atoms with Gasteiger partial charge in [0.2, 0.25) is 0 Å². The summed E-state index contributed by atoms with van der Waals surface area (Å²) in [5.41, 5.74) is 7.02. The summed E-state index contributed by atoms with van der Waals surface area (Å²) in [7, 11) is 0. The van der Waals surface area contributed by atoms with Crippen molar-refractivity contribution in [2.45, 2.75) is 20.8 Å². The molecule has 3 N–H and O–H groups in total. The smallest absolute Gasteiger partial charge is 0.253 e. The topological polar surface area (TPSA) is 78.9 Å². The summed E-state index contributed by atoms with van der Waals surface area (Å²) >= 11 is 5.98. The Kier molecular flexibility index (Phi) is 5.82. The van der Waals surface area contributed by atoms with E-state index in [1.54, 1.807) is 30.0 Å². The molecule has 1 amide bonds. The predicted molar refractivity (Wildman–Crippen MR) is 80.3 cm³/mol. The maximum Gasteiger partial charge on any atom is 0.253 e. The molecule has 1 unspecified atom stereocenters. The summed E-state index contributed by atoms with van der Waals surface area (Å²) in [6.07, 6.45) is 0. The second-order valence-corrected chi connectivity index (χ2v) is 5.22. The second-order valence-electron chi connectivity index (χ2n) is 4.79. The van der Waals surface area contributed by atoms with Crippen LogP contribution in [0.1, 0.15) is 29.8 Å². The monoisotopic (exact) mass is 297 g/mol. The van der Waals surface area contributed by atoms with Gasteiger partial charge in [-0.2, -0.15) is 0 Å². The summed E-state index contributed by atoms with van der Waals surface area (Å²) in [6, 6.07) is 5.24. The number of carbonyl (C=O) groups excluding carboxylic acids is 1. The first-order valence-electron chi connectivity index (χ1n) is 6.42. The minimum absolute atomic E-state index is 0.110. The third kappa shape index (κ3) is 4.13. The van der Waals surface area contributed by atoms with E-state index in [1.807, 2.05) is 13.8 Å². The standard InChI is InChI=1S/C14H20ClN3O2/c1-4-18(8-10(3)13(16)17-20)14(19)11-5-9(2)6-12(15)7-11/h5-7,10,20H,4,8H2,1-3H3,(H2,16,17). The van der Waals surface area contributed by atoms with Gasteiger partial charge in [-0.1, -0.05) is 23.7 Å². The fourth-order valence-electron chi connectivity index (χ4n) is 1.92. The zero-order chi connectivity index (χ0) is 15.3. The van der Waals surface area contributed by atoms with E-state index >= 15 is 0 Å². The number of benzene rings is 1. The van der Waals surface area contributed by atoms with E-state index in [-0.39, 0.29) is 17.7 Å². The second kappa shape index (κ2) is 7.14. The van der Waals surface area contributed by atoms with Gasteiger partial charge in [0, 0.05) is 29.6 Å². The van der Waals surface area contributed by atoms with Crippen molar-refractivity contribution in [3.05, 3.63) is 34.3 Å². The summed E-state index contributed by atoms with van der Waals surface area (Å²) in [4.78, 5) is 14.1. The van der Waals surface area contributed by atoms with E-state index in [0.717, 1.165) is 5.56 Å². The van der Waals surface area contributed by atoms with Crippen molar-refractivity contribution >= 4 is 23.3 Å². The van der Waals surface area contributed by atoms with Gasteiger partial charge in [-0.05, 0) is 37.6 Å². The lowest BCUT2D eigenvalue weighted by Gasteiger charge is -2.24. The summed E-state index contributed by atoms with van der Waals surface area (Å²) in [5.74, 6) is -0.224. The molecule has 110 valence electrons. The van der Waals surface area contributed by atoms with Crippen molar-refractivity contribution in [3.8, 4) is 0 Å². The van der Waals surface area contributed by atoms with E-state index in [4.69, 9.17) is 22.5 Å².